The van der Waals surface area contributed by atoms with Crippen LogP contribution in [-0.2, 0) is 14.4 Å². The average Bonchev–Trinajstić information content (AvgIpc) is 3.46. The molecule has 2 aliphatic heterocycles. The lowest BCUT2D eigenvalue weighted by molar-refractivity contribution is -0.126. The Bertz CT molecular complexity index is 1490. The normalized spacial score (nSPS) is 20.5. The third kappa shape index (κ3) is 4.10. The SMILES string of the molecule is O=C(Oc1ccc([C@H]2[C@H]3C(=O)N(c4ccc(F)cc4)C(=O)[C@H]3ON2c2ccccc2)cc1)c1ccccc1. The standard InChI is InChI=1S/C30H21FN2O5/c31-21-13-15-22(16-14-21)32-28(34)25-26(33(38-27(25)29(32)35)23-9-5-2-6-10-23)19-11-17-24(18-12-19)37-30(36)20-7-3-1-4-8-20/h1-18,25-27H/t25-,26+,27+/m1/s1. The minimum absolute atomic E-state index is 0.285. The van der Waals surface area contributed by atoms with E-state index in [1.807, 2.05) is 36.4 Å². The highest BCUT2D eigenvalue weighted by molar-refractivity contribution is 6.23. The second kappa shape index (κ2) is 9.57. The van der Waals surface area contributed by atoms with E-state index in [1.165, 1.54) is 24.3 Å². The molecule has 0 aliphatic carbocycles. The Kier molecular flexibility index (Phi) is 5.94. The van der Waals surface area contributed by atoms with E-state index < -0.39 is 41.7 Å². The highest BCUT2D eigenvalue weighted by Gasteiger charge is 2.60. The summed E-state index contributed by atoms with van der Waals surface area (Å²) in [6.45, 7) is 0. The molecule has 3 atom stereocenters. The monoisotopic (exact) mass is 508 g/mol. The molecule has 2 saturated heterocycles. The van der Waals surface area contributed by atoms with Crippen LogP contribution in [0.25, 0.3) is 0 Å². The molecule has 8 heteroatoms. The third-order valence-electron chi connectivity index (χ3n) is 6.65. The van der Waals surface area contributed by atoms with Crippen LogP contribution in [0, 0.1) is 11.7 Å². The Hall–Kier alpha value is -4.82. The van der Waals surface area contributed by atoms with E-state index >= 15 is 0 Å². The number of hydroxylamine groups is 1. The summed E-state index contributed by atoms with van der Waals surface area (Å²) in [6, 6.07) is 29.2. The molecule has 6 rings (SSSR count). The van der Waals surface area contributed by atoms with Crippen LogP contribution in [0.4, 0.5) is 15.8 Å². The lowest BCUT2D eigenvalue weighted by atomic mass is 9.90. The number of nitrogens with zero attached hydrogens (tertiary/aromatic N) is 2. The summed E-state index contributed by atoms with van der Waals surface area (Å²) in [6.07, 6.45) is -1.05. The van der Waals surface area contributed by atoms with Crippen molar-refractivity contribution in [3.8, 4) is 5.75 Å². The Labute approximate surface area is 217 Å². The molecule has 0 aromatic heterocycles. The number of imide groups is 1. The number of benzene rings is 4. The zero-order valence-electron chi connectivity index (χ0n) is 19.9. The van der Waals surface area contributed by atoms with E-state index in [0.717, 1.165) is 4.90 Å². The van der Waals surface area contributed by atoms with Gasteiger partial charge >= 0.3 is 5.97 Å². The van der Waals surface area contributed by atoms with Crippen LogP contribution in [0.15, 0.2) is 109 Å². The van der Waals surface area contributed by atoms with Crippen molar-refractivity contribution in [2.75, 3.05) is 9.96 Å². The molecule has 2 aliphatic rings. The second-order valence-corrected chi connectivity index (χ2v) is 8.97. The van der Waals surface area contributed by atoms with E-state index in [9.17, 15) is 18.8 Å². The summed E-state index contributed by atoms with van der Waals surface area (Å²) in [5.41, 5.74) is 2.09. The van der Waals surface area contributed by atoms with E-state index in [2.05, 4.69) is 0 Å². The Morgan fingerprint density at radius 3 is 2.03 bits per heavy atom. The number of halogens is 1. The number of rotatable bonds is 5. The molecule has 0 N–H and O–H groups in total. The lowest BCUT2D eigenvalue weighted by Crippen LogP contribution is -2.37. The summed E-state index contributed by atoms with van der Waals surface area (Å²) in [7, 11) is 0. The average molecular weight is 509 g/mol. The van der Waals surface area contributed by atoms with Crippen LogP contribution >= 0.6 is 0 Å². The van der Waals surface area contributed by atoms with Crippen LogP contribution < -0.4 is 14.7 Å². The molecule has 0 unspecified atom stereocenters. The van der Waals surface area contributed by atoms with Gasteiger partial charge in [0, 0.05) is 0 Å². The Morgan fingerprint density at radius 1 is 0.737 bits per heavy atom. The number of amides is 2. The molecule has 0 saturated carbocycles. The van der Waals surface area contributed by atoms with Gasteiger partial charge in [-0.15, -0.1) is 0 Å². The fourth-order valence-corrected chi connectivity index (χ4v) is 4.87. The summed E-state index contributed by atoms with van der Waals surface area (Å²) in [4.78, 5) is 46.6. The minimum atomic E-state index is -1.05. The zero-order chi connectivity index (χ0) is 26.2. The summed E-state index contributed by atoms with van der Waals surface area (Å²) >= 11 is 0. The maximum absolute atomic E-state index is 13.6. The van der Waals surface area contributed by atoms with Gasteiger partial charge in [-0.25, -0.2) is 19.1 Å². The topological polar surface area (TPSA) is 76.2 Å². The molecule has 4 aromatic carbocycles. The van der Waals surface area contributed by atoms with Crippen molar-refractivity contribution in [2.24, 2.45) is 5.92 Å². The number of carbonyl (C=O) groups excluding carboxylic acids is 3. The van der Waals surface area contributed by atoms with Crippen LogP contribution in [0.1, 0.15) is 22.0 Å². The maximum Gasteiger partial charge on any atom is 0.343 e. The molecule has 4 aromatic rings. The van der Waals surface area contributed by atoms with Crippen LogP contribution in [0.2, 0.25) is 0 Å². The fraction of sp³-hybridized carbons (Fsp3) is 0.100. The van der Waals surface area contributed by atoms with Gasteiger partial charge in [0.2, 0.25) is 5.91 Å². The molecule has 188 valence electrons. The number of fused-ring (bicyclic) bond motifs is 1. The van der Waals surface area contributed by atoms with Crippen molar-refractivity contribution < 1.29 is 28.3 Å². The number of hydrogen-bond donors (Lipinski definition) is 0. The van der Waals surface area contributed by atoms with E-state index in [4.69, 9.17) is 9.57 Å². The number of ether oxygens (including phenoxy) is 1. The predicted octanol–water partition coefficient (Wildman–Crippen LogP) is 5.10. The number of esters is 1. The zero-order valence-corrected chi connectivity index (χ0v) is 19.9. The lowest BCUT2D eigenvalue weighted by Gasteiger charge is -2.28. The van der Waals surface area contributed by atoms with Gasteiger partial charge in [0.05, 0.1) is 23.0 Å². The molecule has 0 radical (unpaired) electrons. The van der Waals surface area contributed by atoms with Crippen molar-refractivity contribution in [1.29, 1.82) is 0 Å². The Balaban J connectivity index is 1.32. The predicted molar refractivity (Wildman–Crippen MR) is 137 cm³/mol. The molecule has 38 heavy (non-hydrogen) atoms. The van der Waals surface area contributed by atoms with E-state index in [1.54, 1.807) is 53.6 Å². The van der Waals surface area contributed by atoms with Gasteiger partial charge in [-0.2, -0.15) is 0 Å². The van der Waals surface area contributed by atoms with Crippen molar-refractivity contribution >= 4 is 29.2 Å². The van der Waals surface area contributed by atoms with Crippen molar-refractivity contribution in [1.82, 2.24) is 0 Å². The molecular formula is C30H21FN2O5. The van der Waals surface area contributed by atoms with Crippen LogP contribution in [-0.4, -0.2) is 23.9 Å². The first-order valence-corrected chi connectivity index (χ1v) is 12.0. The number of hydrogen-bond acceptors (Lipinski definition) is 6. The summed E-state index contributed by atoms with van der Waals surface area (Å²) in [5, 5.41) is 1.58. The first kappa shape index (κ1) is 23.6. The van der Waals surface area contributed by atoms with Crippen molar-refractivity contribution in [3.05, 3.63) is 126 Å². The van der Waals surface area contributed by atoms with Crippen molar-refractivity contribution in [3.63, 3.8) is 0 Å². The molecule has 2 fully saturated rings. The van der Waals surface area contributed by atoms with Gasteiger partial charge in [0.1, 0.15) is 17.5 Å². The highest BCUT2D eigenvalue weighted by Crippen LogP contribution is 2.47. The van der Waals surface area contributed by atoms with Gasteiger partial charge in [0.15, 0.2) is 6.10 Å². The summed E-state index contributed by atoms with van der Waals surface area (Å²) in [5.74, 6) is -2.40. The van der Waals surface area contributed by atoms with Gasteiger partial charge in [0.25, 0.3) is 5.91 Å². The van der Waals surface area contributed by atoms with Crippen LogP contribution in [0.3, 0.4) is 0 Å². The van der Waals surface area contributed by atoms with Gasteiger partial charge in [-0.3, -0.25) is 14.4 Å². The number of para-hydroxylation sites is 1. The van der Waals surface area contributed by atoms with E-state index in [-0.39, 0.29) is 5.69 Å². The van der Waals surface area contributed by atoms with E-state index in [0.29, 0.717) is 22.6 Å². The molecular weight excluding hydrogens is 487 g/mol. The fourth-order valence-electron chi connectivity index (χ4n) is 4.87. The summed E-state index contributed by atoms with van der Waals surface area (Å²) < 4.78 is 19.0. The van der Waals surface area contributed by atoms with Crippen molar-refractivity contribution in [2.45, 2.75) is 12.1 Å². The second-order valence-electron chi connectivity index (χ2n) is 8.97. The maximum atomic E-state index is 13.6. The smallest absolute Gasteiger partial charge is 0.343 e. The quantitative estimate of drug-likeness (QED) is 0.212. The first-order valence-electron chi connectivity index (χ1n) is 12.0. The highest BCUT2D eigenvalue weighted by atomic mass is 19.1. The minimum Gasteiger partial charge on any atom is -0.423 e. The first-order chi connectivity index (χ1) is 18.5. The van der Waals surface area contributed by atoms with Gasteiger partial charge in [-0.05, 0) is 66.2 Å². The third-order valence-corrected chi connectivity index (χ3v) is 6.65. The number of anilines is 2. The molecule has 2 heterocycles. The number of carbonyl (C=O) groups is 3. The van der Waals surface area contributed by atoms with Crippen LogP contribution in [0.5, 0.6) is 5.75 Å². The molecule has 0 bridgehead atoms. The Morgan fingerprint density at radius 2 is 1.37 bits per heavy atom. The molecule has 0 spiro atoms. The van der Waals surface area contributed by atoms with Gasteiger partial charge < -0.3 is 4.74 Å². The molecule has 2 amide bonds. The van der Waals surface area contributed by atoms with Gasteiger partial charge in [-0.1, -0.05) is 48.5 Å². The molecule has 7 nitrogen and oxygen atoms in total. The largest absolute Gasteiger partial charge is 0.423 e.